The van der Waals surface area contributed by atoms with E-state index < -0.39 is 0 Å². The molecule has 3 heteroatoms. The molecule has 0 saturated heterocycles. The molecule has 2 N–H and O–H groups in total. The van der Waals surface area contributed by atoms with Crippen LogP contribution in [-0.4, -0.2) is 34.2 Å². The van der Waals surface area contributed by atoms with Gasteiger partial charge in [-0.2, -0.15) is 0 Å². The second-order valence-corrected chi connectivity index (χ2v) is 7.16. The summed E-state index contributed by atoms with van der Waals surface area (Å²) in [5.41, 5.74) is 5.44. The molecule has 0 unspecified atom stereocenters. The Morgan fingerprint density at radius 3 is 3.05 bits per heavy atom. The van der Waals surface area contributed by atoms with Crippen molar-refractivity contribution in [1.29, 1.82) is 0 Å². The molecule has 1 aliphatic carbocycles. The third-order valence-electron chi connectivity index (χ3n) is 5.89. The fourth-order valence-electron chi connectivity index (χ4n) is 4.74. The fourth-order valence-corrected chi connectivity index (χ4v) is 4.74. The lowest BCUT2D eigenvalue weighted by Gasteiger charge is -2.44. The summed E-state index contributed by atoms with van der Waals surface area (Å²) in [5, 5.41) is 11.4. The van der Waals surface area contributed by atoms with Crippen LogP contribution in [0.25, 0.3) is 16.6 Å². The molecule has 3 heterocycles. The van der Waals surface area contributed by atoms with E-state index in [2.05, 4.69) is 40.2 Å². The first-order chi connectivity index (χ1) is 10.8. The Morgan fingerprint density at radius 2 is 2.09 bits per heavy atom. The zero-order valence-electron chi connectivity index (χ0n) is 12.8. The van der Waals surface area contributed by atoms with Gasteiger partial charge in [0, 0.05) is 24.0 Å². The van der Waals surface area contributed by atoms with Crippen LogP contribution in [-0.2, 0) is 6.42 Å². The number of hydrogen-bond acceptors (Lipinski definition) is 2. The van der Waals surface area contributed by atoms with Crippen molar-refractivity contribution in [1.82, 2.24) is 9.88 Å². The van der Waals surface area contributed by atoms with Gasteiger partial charge in [-0.25, -0.2) is 0 Å². The van der Waals surface area contributed by atoms with Crippen molar-refractivity contribution < 1.29 is 5.11 Å². The van der Waals surface area contributed by atoms with Gasteiger partial charge in [-0.1, -0.05) is 24.3 Å². The first-order valence-electron chi connectivity index (χ1n) is 8.54. The van der Waals surface area contributed by atoms with Gasteiger partial charge >= 0.3 is 0 Å². The van der Waals surface area contributed by atoms with Gasteiger partial charge in [-0.05, 0) is 49.1 Å². The molecule has 1 saturated carbocycles. The molecule has 2 aromatic rings. The number of nitrogens with zero attached hydrogens (tertiary/aromatic N) is 1. The Balaban J connectivity index is 1.63. The van der Waals surface area contributed by atoms with Crippen LogP contribution in [0.5, 0.6) is 0 Å². The molecular formula is C19H22N2O. The number of aromatic nitrogens is 1. The maximum Gasteiger partial charge on any atom is 0.0659 e. The molecule has 3 nitrogen and oxygen atoms in total. The summed E-state index contributed by atoms with van der Waals surface area (Å²) in [6.45, 7) is 2.30. The van der Waals surface area contributed by atoms with Gasteiger partial charge in [0.05, 0.1) is 17.5 Å². The summed E-state index contributed by atoms with van der Waals surface area (Å²) in [4.78, 5) is 6.22. The minimum Gasteiger partial charge on any atom is -0.393 e. The van der Waals surface area contributed by atoms with Crippen LogP contribution < -0.4 is 0 Å². The maximum absolute atomic E-state index is 10.0. The van der Waals surface area contributed by atoms with Crippen LogP contribution in [0.2, 0.25) is 0 Å². The van der Waals surface area contributed by atoms with Crippen LogP contribution in [0.1, 0.15) is 30.5 Å². The molecule has 3 atom stereocenters. The number of allylic oxidation sites excluding steroid dienone is 1. The van der Waals surface area contributed by atoms with Crippen LogP contribution in [0, 0.1) is 11.8 Å². The SMILES string of the molecule is O[C@@H]1CC[C@H]2CN3CCc4c([nH]c5ccccc45)C3=C[C@@H]2C1. The fraction of sp³-hybridized carbons (Fsp3) is 0.474. The van der Waals surface area contributed by atoms with E-state index in [4.69, 9.17) is 0 Å². The van der Waals surface area contributed by atoms with Crippen molar-refractivity contribution in [2.45, 2.75) is 31.8 Å². The molecule has 0 bridgehead atoms. The number of nitrogens with one attached hydrogen (secondary N) is 1. The molecule has 0 spiro atoms. The number of para-hydroxylation sites is 1. The second kappa shape index (κ2) is 4.63. The molecule has 1 fully saturated rings. The summed E-state index contributed by atoms with van der Waals surface area (Å²) in [5.74, 6) is 1.28. The predicted molar refractivity (Wildman–Crippen MR) is 88.4 cm³/mol. The quantitative estimate of drug-likeness (QED) is 0.783. The van der Waals surface area contributed by atoms with Gasteiger partial charge in [0.25, 0.3) is 0 Å². The number of fused-ring (bicyclic) bond motifs is 6. The van der Waals surface area contributed by atoms with Crippen LogP contribution in [0.4, 0.5) is 0 Å². The van der Waals surface area contributed by atoms with Crippen molar-refractivity contribution in [3.05, 3.63) is 41.6 Å². The third kappa shape index (κ3) is 1.78. The minimum absolute atomic E-state index is 0.101. The summed E-state index contributed by atoms with van der Waals surface area (Å²) in [6, 6.07) is 8.64. The molecule has 1 aromatic carbocycles. The van der Waals surface area contributed by atoms with E-state index in [0.717, 1.165) is 38.3 Å². The monoisotopic (exact) mass is 294 g/mol. The summed E-state index contributed by atoms with van der Waals surface area (Å²) < 4.78 is 0. The summed E-state index contributed by atoms with van der Waals surface area (Å²) in [7, 11) is 0. The lowest BCUT2D eigenvalue weighted by atomic mass is 9.74. The van der Waals surface area contributed by atoms with Crippen LogP contribution in [0.3, 0.4) is 0 Å². The smallest absolute Gasteiger partial charge is 0.0659 e. The second-order valence-electron chi connectivity index (χ2n) is 7.16. The molecule has 2 aliphatic heterocycles. The highest BCUT2D eigenvalue weighted by molar-refractivity contribution is 5.90. The lowest BCUT2D eigenvalue weighted by Crippen LogP contribution is -2.42. The molecule has 22 heavy (non-hydrogen) atoms. The summed E-state index contributed by atoms with van der Waals surface area (Å²) >= 11 is 0. The average Bonchev–Trinajstić information content (AvgIpc) is 2.92. The van der Waals surface area contributed by atoms with Gasteiger partial charge in [-0.3, -0.25) is 0 Å². The Bertz CT molecular complexity index is 760. The Labute approximate surface area is 130 Å². The van der Waals surface area contributed by atoms with E-state index in [1.165, 1.54) is 34.3 Å². The van der Waals surface area contributed by atoms with E-state index in [1.54, 1.807) is 0 Å². The van der Waals surface area contributed by atoms with Gasteiger partial charge in [-0.15, -0.1) is 0 Å². The Kier molecular flexibility index (Phi) is 2.68. The molecule has 0 amide bonds. The maximum atomic E-state index is 10.0. The highest BCUT2D eigenvalue weighted by atomic mass is 16.3. The number of aliphatic hydroxyl groups is 1. The zero-order chi connectivity index (χ0) is 14.7. The molecule has 1 aromatic heterocycles. The number of aromatic amines is 1. The number of hydrogen-bond donors (Lipinski definition) is 2. The third-order valence-corrected chi connectivity index (χ3v) is 5.89. The van der Waals surface area contributed by atoms with Crippen molar-refractivity contribution in [2.75, 3.05) is 13.1 Å². The van der Waals surface area contributed by atoms with Gasteiger partial charge < -0.3 is 15.0 Å². The van der Waals surface area contributed by atoms with E-state index in [1.807, 2.05) is 0 Å². The first kappa shape index (κ1) is 12.8. The molecular weight excluding hydrogens is 272 g/mol. The molecule has 114 valence electrons. The van der Waals surface area contributed by atoms with E-state index in [-0.39, 0.29) is 6.10 Å². The van der Waals surface area contributed by atoms with Crippen molar-refractivity contribution in [3.63, 3.8) is 0 Å². The van der Waals surface area contributed by atoms with E-state index in [0.29, 0.717) is 5.92 Å². The predicted octanol–water partition coefficient (Wildman–Crippen LogP) is 3.16. The normalized spacial score (nSPS) is 30.5. The van der Waals surface area contributed by atoms with Gasteiger partial charge in [0.1, 0.15) is 0 Å². The van der Waals surface area contributed by atoms with Crippen molar-refractivity contribution >= 4 is 16.6 Å². The lowest BCUT2D eigenvalue weighted by molar-refractivity contribution is 0.0702. The Hall–Kier alpha value is -1.74. The zero-order valence-corrected chi connectivity index (χ0v) is 12.8. The first-order valence-corrected chi connectivity index (χ1v) is 8.54. The average molecular weight is 294 g/mol. The van der Waals surface area contributed by atoms with Crippen molar-refractivity contribution in [2.24, 2.45) is 11.8 Å². The van der Waals surface area contributed by atoms with Crippen molar-refractivity contribution in [3.8, 4) is 0 Å². The molecule has 0 radical (unpaired) electrons. The van der Waals surface area contributed by atoms with Gasteiger partial charge in [0.2, 0.25) is 0 Å². The minimum atomic E-state index is -0.101. The highest BCUT2D eigenvalue weighted by Gasteiger charge is 2.36. The van der Waals surface area contributed by atoms with Crippen LogP contribution >= 0.6 is 0 Å². The van der Waals surface area contributed by atoms with E-state index >= 15 is 0 Å². The number of rotatable bonds is 0. The Morgan fingerprint density at radius 1 is 1.18 bits per heavy atom. The van der Waals surface area contributed by atoms with Crippen LogP contribution in [0.15, 0.2) is 30.3 Å². The number of aliphatic hydroxyl groups excluding tert-OH is 1. The standard InChI is InChI=1S/C19H22N2O/c22-14-6-5-12-11-21-8-7-16-15-3-1-2-4-17(15)20-19(16)18(21)10-13(12)9-14/h1-4,10,12-14,20,22H,5-9,11H2/t12-,13-,14+/m0/s1. The molecule has 3 aliphatic rings. The highest BCUT2D eigenvalue weighted by Crippen LogP contribution is 2.42. The number of benzene rings is 1. The van der Waals surface area contributed by atoms with E-state index in [9.17, 15) is 5.11 Å². The summed E-state index contributed by atoms with van der Waals surface area (Å²) in [6.07, 6.45) is 6.58. The van der Waals surface area contributed by atoms with Gasteiger partial charge in [0.15, 0.2) is 0 Å². The molecule has 5 rings (SSSR count). The number of H-pyrrole nitrogens is 1. The topological polar surface area (TPSA) is 39.3 Å². The largest absolute Gasteiger partial charge is 0.393 e.